The summed E-state index contributed by atoms with van der Waals surface area (Å²) in [6, 6.07) is 6.91. The van der Waals surface area contributed by atoms with Crippen LogP contribution in [0.3, 0.4) is 0 Å². The van der Waals surface area contributed by atoms with E-state index in [9.17, 15) is 15.2 Å². The third-order valence-corrected chi connectivity index (χ3v) is 3.87. The molecule has 1 aromatic carbocycles. The van der Waals surface area contributed by atoms with E-state index in [-0.39, 0.29) is 22.8 Å². The lowest BCUT2D eigenvalue weighted by molar-refractivity contribution is -0.385. The number of aliphatic hydroxyl groups excluding tert-OH is 1. The zero-order valence-corrected chi connectivity index (χ0v) is 11.2. The minimum Gasteiger partial charge on any atom is -0.391 e. The van der Waals surface area contributed by atoms with Crippen molar-refractivity contribution in [2.24, 2.45) is 0 Å². The lowest BCUT2D eigenvalue weighted by Crippen LogP contribution is -2.42. The summed E-state index contributed by atoms with van der Waals surface area (Å²) in [6.07, 6.45) is 3.64. The van der Waals surface area contributed by atoms with E-state index < -0.39 is 0 Å². The molecule has 2 unspecified atom stereocenters. The highest BCUT2D eigenvalue weighted by Gasteiger charge is 2.27. The number of aliphatic hydroxyl groups is 1. The molecule has 104 valence electrons. The fourth-order valence-electron chi connectivity index (χ4n) is 2.81. The molecule has 0 aliphatic heterocycles. The van der Waals surface area contributed by atoms with Crippen molar-refractivity contribution in [3.05, 3.63) is 39.9 Å². The molecule has 0 spiro atoms. The molecule has 5 nitrogen and oxygen atoms in total. The maximum atomic E-state index is 11.0. The van der Waals surface area contributed by atoms with Gasteiger partial charge in [-0.25, -0.2) is 0 Å². The summed E-state index contributed by atoms with van der Waals surface area (Å²) in [6.45, 7) is 0.499. The van der Waals surface area contributed by atoms with Gasteiger partial charge in [0.05, 0.1) is 11.0 Å². The van der Waals surface area contributed by atoms with Crippen molar-refractivity contribution >= 4 is 5.69 Å². The minimum atomic E-state index is -0.347. The first kappa shape index (κ1) is 14.0. The van der Waals surface area contributed by atoms with Gasteiger partial charge in [0.1, 0.15) is 0 Å². The van der Waals surface area contributed by atoms with Crippen molar-refractivity contribution < 1.29 is 10.0 Å². The Morgan fingerprint density at radius 1 is 1.37 bits per heavy atom. The first-order valence-corrected chi connectivity index (χ1v) is 6.70. The van der Waals surface area contributed by atoms with E-state index in [4.69, 9.17) is 0 Å². The molecule has 2 atom stereocenters. The van der Waals surface area contributed by atoms with Gasteiger partial charge in [-0.15, -0.1) is 0 Å². The fourth-order valence-corrected chi connectivity index (χ4v) is 2.81. The molecule has 1 aromatic rings. The van der Waals surface area contributed by atoms with Crippen molar-refractivity contribution in [3.63, 3.8) is 0 Å². The third kappa shape index (κ3) is 3.30. The van der Waals surface area contributed by atoms with Gasteiger partial charge in [0, 0.05) is 24.2 Å². The second-order valence-electron chi connectivity index (χ2n) is 5.22. The van der Waals surface area contributed by atoms with Gasteiger partial charge in [-0.1, -0.05) is 31.0 Å². The van der Waals surface area contributed by atoms with Gasteiger partial charge >= 0.3 is 0 Å². The van der Waals surface area contributed by atoms with E-state index >= 15 is 0 Å². The number of nitro benzene ring substituents is 1. The Hall–Kier alpha value is -1.46. The van der Waals surface area contributed by atoms with Crippen molar-refractivity contribution in [1.82, 2.24) is 4.90 Å². The summed E-state index contributed by atoms with van der Waals surface area (Å²) in [4.78, 5) is 12.7. The van der Waals surface area contributed by atoms with E-state index in [0.29, 0.717) is 12.1 Å². The quantitative estimate of drug-likeness (QED) is 0.669. The van der Waals surface area contributed by atoms with Crippen LogP contribution in [0, 0.1) is 10.1 Å². The molecule has 1 aliphatic rings. The van der Waals surface area contributed by atoms with Crippen LogP contribution >= 0.6 is 0 Å². The topological polar surface area (TPSA) is 66.6 Å². The van der Waals surface area contributed by atoms with Gasteiger partial charge in [0.15, 0.2) is 0 Å². The molecule has 1 saturated carbocycles. The molecule has 2 rings (SSSR count). The van der Waals surface area contributed by atoms with Crippen molar-refractivity contribution in [1.29, 1.82) is 0 Å². The van der Waals surface area contributed by atoms with Crippen LogP contribution in [0.5, 0.6) is 0 Å². The van der Waals surface area contributed by atoms with Crippen molar-refractivity contribution in [3.8, 4) is 0 Å². The summed E-state index contributed by atoms with van der Waals surface area (Å²) >= 11 is 0. The molecular weight excluding hydrogens is 244 g/mol. The van der Waals surface area contributed by atoms with Crippen LogP contribution in [-0.2, 0) is 6.54 Å². The predicted octanol–water partition coefficient (Wildman–Crippen LogP) is 2.33. The SMILES string of the molecule is CN(Cc1ccccc1[N+](=O)[O-])C1CCCCC1O. The van der Waals surface area contributed by atoms with Gasteiger partial charge in [-0.3, -0.25) is 15.0 Å². The summed E-state index contributed by atoms with van der Waals surface area (Å²) in [5, 5.41) is 21.0. The molecule has 0 aromatic heterocycles. The molecule has 1 fully saturated rings. The number of rotatable bonds is 4. The molecule has 0 saturated heterocycles. The number of para-hydroxylation sites is 1. The highest BCUT2D eigenvalue weighted by molar-refractivity contribution is 5.39. The lowest BCUT2D eigenvalue weighted by atomic mass is 9.91. The Balaban J connectivity index is 2.10. The first-order chi connectivity index (χ1) is 9.09. The summed E-state index contributed by atoms with van der Waals surface area (Å²) in [5.74, 6) is 0. The molecule has 19 heavy (non-hydrogen) atoms. The standard InChI is InChI=1S/C14H20N2O3/c1-15(13-8-4-5-9-14(13)17)10-11-6-2-3-7-12(11)16(18)19/h2-3,6-7,13-14,17H,4-5,8-10H2,1H3. The Kier molecular flexibility index (Phi) is 4.50. The van der Waals surface area contributed by atoms with E-state index in [1.165, 1.54) is 6.07 Å². The highest BCUT2D eigenvalue weighted by atomic mass is 16.6. The number of nitrogens with zero attached hydrogens (tertiary/aromatic N) is 2. The van der Waals surface area contributed by atoms with Crippen LogP contribution in [0.1, 0.15) is 31.2 Å². The number of nitro groups is 1. The van der Waals surface area contributed by atoms with E-state index in [1.54, 1.807) is 12.1 Å². The van der Waals surface area contributed by atoms with Crippen LogP contribution in [0.15, 0.2) is 24.3 Å². The lowest BCUT2D eigenvalue weighted by Gasteiger charge is -2.35. The second kappa shape index (κ2) is 6.12. The molecule has 0 heterocycles. The zero-order valence-electron chi connectivity index (χ0n) is 11.2. The molecular formula is C14H20N2O3. The van der Waals surface area contributed by atoms with Gasteiger partial charge in [0.25, 0.3) is 5.69 Å². The average molecular weight is 264 g/mol. The van der Waals surface area contributed by atoms with E-state index in [1.807, 2.05) is 18.0 Å². The number of hydrogen-bond donors (Lipinski definition) is 1. The Morgan fingerprint density at radius 3 is 2.74 bits per heavy atom. The largest absolute Gasteiger partial charge is 0.391 e. The predicted molar refractivity (Wildman–Crippen MR) is 72.8 cm³/mol. The second-order valence-corrected chi connectivity index (χ2v) is 5.22. The number of benzene rings is 1. The Morgan fingerprint density at radius 2 is 2.05 bits per heavy atom. The van der Waals surface area contributed by atoms with Crippen molar-refractivity contribution in [2.75, 3.05) is 7.05 Å². The molecule has 5 heteroatoms. The minimum absolute atomic E-state index is 0.105. The maximum absolute atomic E-state index is 11.0. The smallest absolute Gasteiger partial charge is 0.273 e. The van der Waals surface area contributed by atoms with Gasteiger partial charge in [-0.05, 0) is 19.9 Å². The van der Waals surface area contributed by atoms with Crippen LogP contribution in [0.4, 0.5) is 5.69 Å². The normalized spacial score (nSPS) is 23.5. The van der Waals surface area contributed by atoms with E-state index in [2.05, 4.69) is 0 Å². The van der Waals surface area contributed by atoms with E-state index in [0.717, 1.165) is 25.7 Å². The Labute approximate surface area is 113 Å². The van der Waals surface area contributed by atoms with Crippen LogP contribution in [0.2, 0.25) is 0 Å². The van der Waals surface area contributed by atoms with Gasteiger partial charge in [0.2, 0.25) is 0 Å². The average Bonchev–Trinajstić information content (AvgIpc) is 2.39. The maximum Gasteiger partial charge on any atom is 0.273 e. The third-order valence-electron chi connectivity index (χ3n) is 3.87. The monoisotopic (exact) mass is 264 g/mol. The van der Waals surface area contributed by atoms with Crippen LogP contribution in [-0.4, -0.2) is 34.1 Å². The van der Waals surface area contributed by atoms with Crippen molar-refractivity contribution in [2.45, 2.75) is 44.4 Å². The van der Waals surface area contributed by atoms with Crippen LogP contribution in [0.25, 0.3) is 0 Å². The molecule has 0 bridgehead atoms. The summed E-state index contributed by atoms with van der Waals surface area (Å²) in [5.41, 5.74) is 0.854. The highest BCUT2D eigenvalue weighted by Crippen LogP contribution is 2.25. The van der Waals surface area contributed by atoms with Gasteiger partial charge < -0.3 is 5.11 Å². The molecule has 0 radical (unpaired) electrons. The van der Waals surface area contributed by atoms with Gasteiger partial charge in [-0.2, -0.15) is 0 Å². The zero-order chi connectivity index (χ0) is 13.8. The van der Waals surface area contributed by atoms with Crippen LogP contribution < -0.4 is 0 Å². The number of likely N-dealkylation sites (N-methyl/N-ethyl adjacent to an activating group) is 1. The Bertz CT molecular complexity index is 450. The summed E-state index contributed by atoms with van der Waals surface area (Å²) < 4.78 is 0. The number of hydrogen-bond acceptors (Lipinski definition) is 4. The molecule has 0 amide bonds. The first-order valence-electron chi connectivity index (χ1n) is 6.70. The fraction of sp³-hybridized carbons (Fsp3) is 0.571. The molecule has 1 N–H and O–H groups in total. The molecule has 1 aliphatic carbocycles. The summed E-state index contributed by atoms with van der Waals surface area (Å²) in [7, 11) is 1.93.